The molecule has 4 aromatic rings. The molecular weight excluding hydrogens is 420 g/mol. The van der Waals surface area contributed by atoms with Gasteiger partial charge in [0.05, 0.1) is 6.04 Å². The average molecular weight is 451 g/mol. The van der Waals surface area contributed by atoms with Crippen molar-refractivity contribution in [2.75, 3.05) is 48.8 Å². The van der Waals surface area contributed by atoms with Gasteiger partial charge in [-0.1, -0.05) is 78.9 Å². The van der Waals surface area contributed by atoms with Gasteiger partial charge < -0.3 is 15.5 Å². The zero-order chi connectivity index (χ0) is 23.3. The summed E-state index contributed by atoms with van der Waals surface area (Å²) in [4.78, 5) is 15.9. The Labute approximate surface area is 201 Å². The van der Waals surface area contributed by atoms with Crippen LogP contribution in [0.3, 0.4) is 0 Å². The molecule has 0 bridgehead atoms. The molecule has 1 aliphatic heterocycles. The second-order valence-corrected chi connectivity index (χ2v) is 8.58. The number of benzene rings is 3. The first-order chi connectivity index (χ1) is 16.7. The summed E-state index contributed by atoms with van der Waals surface area (Å²) in [5.74, 6) is 1.54. The minimum absolute atomic E-state index is 0.229. The van der Waals surface area contributed by atoms with Gasteiger partial charge in [-0.05, 0) is 23.3 Å². The number of nitrogens with zero attached hydrogens (tertiary/aromatic N) is 5. The summed E-state index contributed by atoms with van der Waals surface area (Å²) in [7, 11) is 1.99. The van der Waals surface area contributed by atoms with E-state index in [-0.39, 0.29) is 6.04 Å². The molecule has 6 heteroatoms. The molecule has 0 saturated carbocycles. The van der Waals surface area contributed by atoms with E-state index in [4.69, 9.17) is 5.73 Å². The summed E-state index contributed by atoms with van der Waals surface area (Å²) in [6.07, 6.45) is 1.61. The molecule has 0 atom stereocenters. The van der Waals surface area contributed by atoms with Gasteiger partial charge in [0, 0.05) is 38.9 Å². The Kier molecular flexibility index (Phi) is 6.40. The fourth-order valence-electron chi connectivity index (χ4n) is 4.75. The Morgan fingerprint density at radius 3 is 1.82 bits per heavy atom. The van der Waals surface area contributed by atoms with Gasteiger partial charge in [0.1, 0.15) is 12.0 Å². The first-order valence-electron chi connectivity index (χ1n) is 11.7. The van der Waals surface area contributed by atoms with E-state index in [2.05, 4.69) is 80.4 Å². The molecule has 0 amide bonds. The maximum atomic E-state index is 6.61. The van der Waals surface area contributed by atoms with Crippen molar-refractivity contribution in [3.63, 3.8) is 0 Å². The third kappa shape index (κ3) is 4.45. The quantitative estimate of drug-likeness (QED) is 0.458. The molecule has 2 heterocycles. The Hall–Kier alpha value is -3.90. The van der Waals surface area contributed by atoms with Gasteiger partial charge in [0.2, 0.25) is 0 Å². The molecular formula is C28H30N6. The number of piperazine rings is 1. The van der Waals surface area contributed by atoms with Crippen molar-refractivity contribution in [2.45, 2.75) is 6.04 Å². The van der Waals surface area contributed by atoms with Crippen LogP contribution in [0.15, 0.2) is 97.3 Å². The Bertz CT molecular complexity index is 1150. The Morgan fingerprint density at radius 1 is 0.735 bits per heavy atom. The molecule has 0 unspecified atom stereocenters. The van der Waals surface area contributed by atoms with Crippen LogP contribution in [0.5, 0.6) is 0 Å². The van der Waals surface area contributed by atoms with Crippen molar-refractivity contribution in [3.8, 4) is 0 Å². The van der Waals surface area contributed by atoms with Gasteiger partial charge >= 0.3 is 0 Å². The molecule has 1 aromatic heterocycles. The number of hydrogen-bond acceptors (Lipinski definition) is 6. The number of para-hydroxylation sites is 1. The van der Waals surface area contributed by atoms with E-state index < -0.39 is 0 Å². The lowest BCUT2D eigenvalue weighted by atomic mass is 9.96. The normalized spacial score (nSPS) is 14.4. The smallest absolute Gasteiger partial charge is 0.161 e. The SMILES string of the molecule is CN(c1ccccc1)c1ncnc(N2CCN(C(c3ccccc3)c3ccccc3)CC2)c1N. The first-order valence-corrected chi connectivity index (χ1v) is 11.7. The topological polar surface area (TPSA) is 61.5 Å². The average Bonchev–Trinajstić information content (AvgIpc) is 2.91. The predicted molar refractivity (Wildman–Crippen MR) is 139 cm³/mol. The highest BCUT2D eigenvalue weighted by Crippen LogP contribution is 2.34. The van der Waals surface area contributed by atoms with Crippen molar-refractivity contribution in [2.24, 2.45) is 0 Å². The summed E-state index contributed by atoms with van der Waals surface area (Å²) in [6.45, 7) is 3.54. The molecule has 1 fully saturated rings. The molecule has 0 aliphatic carbocycles. The van der Waals surface area contributed by atoms with Gasteiger partial charge in [0.15, 0.2) is 11.6 Å². The zero-order valence-corrected chi connectivity index (χ0v) is 19.5. The lowest BCUT2D eigenvalue weighted by Crippen LogP contribution is -2.48. The molecule has 5 rings (SSSR count). The van der Waals surface area contributed by atoms with E-state index in [1.165, 1.54) is 11.1 Å². The maximum absolute atomic E-state index is 6.61. The molecule has 0 spiro atoms. The van der Waals surface area contributed by atoms with Crippen LogP contribution in [-0.2, 0) is 0 Å². The van der Waals surface area contributed by atoms with Gasteiger partial charge in [-0.15, -0.1) is 0 Å². The predicted octanol–water partition coefficient (Wildman–Crippen LogP) is 4.74. The molecule has 1 aliphatic rings. The molecule has 3 aromatic carbocycles. The highest BCUT2D eigenvalue weighted by molar-refractivity contribution is 5.79. The van der Waals surface area contributed by atoms with E-state index in [1.807, 2.05) is 42.3 Å². The van der Waals surface area contributed by atoms with Crippen molar-refractivity contribution in [3.05, 3.63) is 108 Å². The van der Waals surface area contributed by atoms with Crippen molar-refractivity contribution in [1.29, 1.82) is 0 Å². The summed E-state index contributed by atoms with van der Waals surface area (Å²) < 4.78 is 0. The lowest BCUT2D eigenvalue weighted by Gasteiger charge is -2.40. The van der Waals surface area contributed by atoms with Crippen LogP contribution < -0.4 is 15.5 Å². The van der Waals surface area contributed by atoms with Crippen LogP contribution in [-0.4, -0.2) is 48.1 Å². The van der Waals surface area contributed by atoms with E-state index in [0.717, 1.165) is 43.5 Å². The Balaban J connectivity index is 1.36. The summed E-state index contributed by atoms with van der Waals surface area (Å²) in [5, 5.41) is 0. The van der Waals surface area contributed by atoms with Crippen LogP contribution in [0, 0.1) is 0 Å². The van der Waals surface area contributed by atoms with Crippen LogP contribution in [0.2, 0.25) is 0 Å². The molecule has 1 saturated heterocycles. The number of aromatic nitrogens is 2. The fourth-order valence-corrected chi connectivity index (χ4v) is 4.75. The molecule has 172 valence electrons. The largest absolute Gasteiger partial charge is 0.393 e. The molecule has 2 N–H and O–H groups in total. The van der Waals surface area contributed by atoms with Crippen LogP contribution in [0.1, 0.15) is 17.2 Å². The molecule has 34 heavy (non-hydrogen) atoms. The second kappa shape index (κ2) is 9.93. The van der Waals surface area contributed by atoms with Crippen LogP contribution in [0.25, 0.3) is 0 Å². The first kappa shape index (κ1) is 21.9. The number of anilines is 4. The third-order valence-corrected chi connectivity index (χ3v) is 6.51. The fraction of sp³-hybridized carbons (Fsp3) is 0.214. The van der Waals surface area contributed by atoms with E-state index in [1.54, 1.807) is 6.33 Å². The van der Waals surface area contributed by atoms with Crippen molar-refractivity contribution < 1.29 is 0 Å². The number of rotatable bonds is 6. The number of hydrogen-bond donors (Lipinski definition) is 1. The van der Waals surface area contributed by atoms with E-state index >= 15 is 0 Å². The van der Waals surface area contributed by atoms with Gasteiger partial charge in [0.25, 0.3) is 0 Å². The van der Waals surface area contributed by atoms with E-state index in [9.17, 15) is 0 Å². The minimum Gasteiger partial charge on any atom is -0.393 e. The number of nitrogen functional groups attached to an aromatic ring is 1. The summed E-state index contributed by atoms with van der Waals surface area (Å²) in [6, 6.07) is 31.9. The summed E-state index contributed by atoms with van der Waals surface area (Å²) in [5.41, 5.74) is 10.9. The third-order valence-electron chi connectivity index (χ3n) is 6.51. The monoisotopic (exact) mass is 450 g/mol. The highest BCUT2D eigenvalue weighted by Gasteiger charge is 2.28. The Morgan fingerprint density at radius 2 is 1.26 bits per heavy atom. The molecule has 0 radical (unpaired) electrons. The molecule has 6 nitrogen and oxygen atoms in total. The second-order valence-electron chi connectivity index (χ2n) is 8.58. The highest BCUT2D eigenvalue weighted by atomic mass is 15.3. The van der Waals surface area contributed by atoms with Crippen LogP contribution in [0.4, 0.5) is 23.0 Å². The zero-order valence-electron chi connectivity index (χ0n) is 19.5. The van der Waals surface area contributed by atoms with Gasteiger partial charge in [-0.3, -0.25) is 4.90 Å². The van der Waals surface area contributed by atoms with Gasteiger partial charge in [-0.2, -0.15) is 0 Å². The number of nitrogens with two attached hydrogens (primary N) is 1. The standard InChI is InChI=1S/C28H30N6/c1-32(24-15-9-4-10-16-24)27-25(29)28(31-21-30-27)34-19-17-33(18-20-34)26(22-11-5-2-6-12-22)23-13-7-3-8-14-23/h2-16,21,26H,17-20,29H2,1H3. The summed E-state index contributed by atoms with van der Waals surface area (Å²) >= 11 is 0. The maximum Gasteiger partial charge on any atom is 0.161 e. The van der Waals surface area contributed by atoms with Crippen LogP contribution >= 0.6 is 0 Å². The lowest BCUT2D eigenvalue weighted by molar-refractivity contribution is 0.212. The minimum atomic E-state index is 0.229. The van der Waals surface area contributed by atoms with Crippen molar-refractivity contribution in [1.82, 2.24) is 14.9 Å². The van der Waals surface area contributed by atoms with Crippen molar-refractivity contribution >= 4 is 23.0 Å². The van der Waals surface area contributed by atoms with E-state index in [0.29, 0.717) is 5.69 Å². The van der Waals surface area contributed by atoms with Gasteiger partial charge in [-0.25, -0.2) is 9.97 Å².